The van der Waals surface area contributed by atoms with Crippen LogP contribution in [0.5, 0.6) is 0 Å². The zero-order valence-corrected chi connectivity index (χ0v) is 14.5. The molecule has 2 aliphatic heterocycles. The fourth-order valence-electron chi connectivity index (χ4n) is 2.79. The van der Waals surface area contributed by atoms with Crippen LogP contribution in [0.4, 0.5) is 4.79 Å². The van der Waals surface area contributed by atoms with E-state index in [4.69, 9.17) is 4.74 Å². The van der Waals surface area contributed by atoms with E-state index in [9.17, 15) is 9.59 Å². The summed E-state index contributed by atoms with van der Waals surface area (Å²) in [5, 5.41) is 3.09. The van der Waals surface area contributed by atoms with E-state index in [1.807, 2.05) is 25.6 Å². The summed E-state index contributed by atoms with van der Waals surface area (Å²) in [5.41, 5.74) is 0. The number of likely N-dealkylation sites (tertiary alicyclic amines) is 1. The Hall–Kier alpha value is -0.910. The van der Waals surface area contributed by atoms with E-state index in [-0.39, 0.29) is 17.9 Å². The van der Waals surface area contributed by atoms with Crippen molar-refractivity contribution in [2.75, 3.05) is 37.7 Å². The van der Waals surface area contributed by atoms with E-state index in [0.29, 0.717) is 31.5 Å². The molecule has 2 rings (SSSR count). The van der Waals surface area contributed by atoms with Crippen LogP contribution >= 0.6 is 11.8 Å². The van der Waals surface area contributed by atoms with Gasteiger partial charge in [0.05, 0.1) is 6.61 Å². The molecule has 5 nitrogen and oxygen atoms in total. The fourth-order valence-corrected chi connectivity index (χ4v) is 4.07. The van der Waals surface area contributed by atoms with Crippen molar-refractivity contribution in [1.82, 2.24) is 10.2 Å². The lowest BCUT2D eigenvalue weighted by molar-refractivity contribution is -0.126. The lowest BCUT2D eigenvalue weighted by Crippen LogP contribution is -2.44. The predicted octanol–water partition coefficient (Wildman–Crippen LogP) is 2.36. The number of nitrogens with zero attached hydrogens (tertiary/aromatic N) is 1. The number of rotatable bonds is 5. The second-order valence-electron chi connectivity index (χ2n) is 6.71. The van der Waals surface area contributed by atoms with Gasteiger partial charge in [-0.3, -0.25) is 4.79 Å². The number of thioether (sulfide) groups is 1. The molecule has 0 spiro atoms. The molecule has 22 heavy (non-hydrogen) atoms. The quantitative estimate of drug-likeness (QED) is 0.842. The molecular formula is C16H28N2O3S. The summed E-state index contributed by atoms with van der Waals surface area (Å²) in [5.74, 6) is 3.58. The standard InChI is InChI=1S/C16H28N2O3S/c1-12(2)10-21-16(20)18-6-3-14(4-7-18)15(19)17-9-13-5-8-22-11-13/h12-14H,3-11H2,1-2H3,(H,17,19)/t13-/m1/s1. The molecule has 0 aromatic heterocycles. The Morgan fingerprint density at radius 1 is 1.27 bits per heavy atom. The Morgan fingerprint density at radius 2 is 2.00 bits per heavy atom. The van der Waals surface area contributed by atoms with Crippen molar-refractivity contribution in [2.45, 2.75) is 33.1 Å². The highest BCUT2D eigenvalue weighted by Crippen LogP contribution is 2.23. The molecule has 1 atom stereocenters. The summed E-state index contributed by atoms with van der Waals surface area (Å²) in [6.45, 7) is 6.54. The molecule has 2 amide bonds. The smallest absolute Gasteiger partial charge is 0.409 e. The molecule has 2 fully saturated rings. The monoisotopic (exact) mass is 328 g/mol. The zero-order valence-electron chi connectivity index (χ0n) is 13.7. The van der Waals surface area contributed by atoms with Crippen LogP contribution in [0.25, 0.3) is 0 Å². The first-order chi connectivity index (χ1) is 10.6. The van der Waals surface area contributed by atoms with Crippen molar-refractivity contribution < 1.29 is 14.3 Å². The molecule has 0 aromatic rings. The molecular weight excluding hydrogens is 300 g/mol. The van der Waals surface area contributed by atoms with E-state index in [2.05, 4.69) is 5.32 Å². The largest absolute Gasteiger partial charge is 0.449 e. The first kappa shape index (κ1) is 17.4. The first-order valence-corrected chi connectivity index (χ1v) is 9.49. The second-order valence-corrected chi connectivity index (χ2v) is 7.86. The normalized spacial score (nSPS) is 22.9. The number of hydrogen-bond acceptors (Lipinski definition) is 4. The Bertz CT molecular complexity index is 376. The average molecular weight is 328 g/mol. The molecule has 6 heteroatoms. The summed E-state index contributed by atoms with van der Waals surface area (Å²) in [6, 6.07) is 0. The first-order valence-electron chi connectivity index (χ1n) is 8.33. The summed E-state index contributed by atoms with van der Waals surface area (Å²) in [4.78, 5) is 25.8. The molecule has 2 aliphatic rings. The topological polar surface area (TPSA) is 58.6 Å². The third kappa shape index (κ3) is 5.38. The third-order valence-electron chi connectivity index (χ3n) is 4.25. The Balaban J connectivity index is 1.65. The van der Waals surface area contributed by atoms with Gasteiger partial charge in [0.1, 0.15) is 0 Å². The van der Waals surface area contributed by atoms with Crippen LogP contribution in [-0.2, 0) is 9.53 Å². The molecule has 0 saturated carbocycles. The molecule has 1 N–H and O–H groups in total. The number of carbonyl (C=O) groups is 2. The van der Waals surface area contributed by atoms with E-state index >= 15 is 0 Å². The SMILES string of the molecule is CC(C)COC(=O)N1CCC(C(=O)NC[C@H]2CCSC2)CC1. The molecule has 0 aliphatic carbocycles. The summed E-state index contributed by atoms with van der Waals surface area (Å²) in [7, 11) is 0. The minimum atomic E-state index is -0.240. The van der Waals surface area contributed by atoms with Gasteiger partial charge in [-0.1, -0.05) is 13.8 Å². The molecule has 2 saturated heterocycles. The van der Waals surface area contributed by atoms with Gasteiger partial charge in [0.25, 0.3) is 0 Å². The Labute approximate surface area is 137 Å². The Morgan fingerprint density at radius 3 is 2.59 bits per heavy atom. The number of ether oxygens (including phenoxy) is 1. The fraction of sp³-hybridized carbons (Fsp3) is 0.875. The van der Waals surface area contributed by atoms with Gasteiger partial charge in [-0.25, -0.2) is 4.79 Å². The second kappa shape index (κ2) is 8.65. The van der Waals surface area contributed by atoms with Crippen molar-refractivity contribution in [1.29, 1.82) is 0 Å². The van der Waals surface area contributed by atoms with E-state index in [0.717, 1.165) is 19.4 Å². The van der Waals surface area contributed by atoms with Crippen LogP contribution in [0.1, 0.15) is 33.1 Å². The number of carbonyl (C=O) groups excluding carboxylic acids is 2. The van der Waals surface area contributed by atoms with Gasteiger partial charge in [-0.2, -0.15) is 11.8 Å². The van der Waals surface area contributed by atoms with Crippen LogP contribution in [-0.4, -0.2) is 54.6 Å². The molecule has 0 aromatic carbocycles. The molecule has 0 unspecified atom stereocenters. The zero-order chi connectivity index (χ0) is 15.9. The highest BCUT2D eigenvalue weighted by Gasteiger charge is 2.28. The van der Waals surface area contributed by atoms with Gasteiger partial charge < -0.3 is 15.0 Å². The van der Waals surface area contributed by atoms with Crippen molar-refractivity contribution in [3.05, 3.63) is 0 Å². The van der Waals surface area contributed by atoms with Crippen LogP contribution in [0.2, 0.25) is 0 Å². The van der Waals surface area contributed by atoms with E-state index < -0.39 is 0 Å². The summed E-state index contributed by atoms with van der Waals surface area (Å²) < 4.78 is 5.24. The van der Waals surface area contributed by atoms with Crippen molar-refractivity contribution in [3.63, 3.8) is 0 Å². The van der Waals surface area contributed by atoms with Gasteiger partial charge in [0, 0.05) is 25.6 Å². The maximum absolute atomic E-state index is 12.2. The molecule has 126 valence electrons. The van der Waals surface area contributed by atoms with Crippen molar-refractivity contribution in [3.8, 4) is 0 Å². The third-order valence-corrected chi connectivity index (χ3v) is 5.48. The van der Waals surface area contributed by atoms with Gasteiger partial charge in [0.15, 0.2) is 0 Å². The number of piperidine rings is 1. The van der Waals surface area contributed by atoms with E-state index in [1.165, 1.54) is 17.9 Å². The van der Waals surface area contributed by atoms with E-state index in [1.54, 1.807) is 4.90 Å². The number of nitrogens with one attached hydrogen (secondary N) is 1. The minimum absolute atomic E-state index is 0.0446. The number of hydrogen-bond donors (Lipinski definition) is 1. The van der Waals surface area contributed by atoms with Crippen LogP contribution in [0.15, 0.2) is 0 Å². The molecule has 0 radical (unpaired) electrons. The van der Waals surface area contributed by atoms with Crippen molar-refractivity contribution >= 4 is 23.8 Å². The summed E-state index contributed by atoms with van der Waals surface area (Å²) in [6.07, 6.45) is 2.45. The van der Waals surface area contributed by atoms with Crippen LogP contribution < -0.4 is 5.32 Å². The molecule has 2 heterocycles. The van der Waals surface area contributed by atoms with Gasteiger partial charge >= 0.3 is 6.09 Å². The maximum atomic E-state index is 12.2. The van der Waals surface area contributed by atoms with Crippen LogP contribution in [0, 0.1) is 17.8 Å². The Kier molecular flexibility index (Phi) is 6.86. The van der Waals surface area contributed by atoms with Gasteiger partial charge in [-0.15, -0.1) is 0 Å². The lowest BCUT2D eigenvalue weighted by Gasteiger charge is -2.31. The minimum Gasteiger partial charge on any atom is -0.449 e. The van der Waals surface area contributed by atoms with Gasteiger partial charge in [0.2, 0.25) is 5.91 Å². The highest BCUT2D eigenvalue weighted by molar-refractivity contribution is 7.99. The number of amides is 2. The summed E-state index contributed by atoms with van der Waals surface area (Å²) >= 11 is 1.97. The predicted molar refractivity (Wildman–Crippen MR) is 88.9 cm³/mol. The highest BCUT2D eigenvalue weighted by atomic mass is 32.2. The maximum Gasteiger partial charge on any atom is 0.409 e. The average Bonchev–Trinajstić information content (AvgIpc) is 3.03. The lowest BCUT2D eigenvalue weighted by atomic mass is 9.96. The van der Waals surface area contributed by atoms with Gasteiger partial charge in [-0.05, 0) is 42.6 Å². The van der Waals surface area contributed by atoms with Crippen molar-refractivity contribution in [2.24, 2.45) is 17.8 Å². The molecule has 0 bridgehead atoms. The van der Waals surface area contributed by atoms with Crippen LogP contribution in [0.3, 0.4) is 0 Å².